The Morgan fingerprint density at radius 2 is 2.40 bits per heavy atom. The van der Waals surface area contributed by atoms with Crippen LogP contribution in [0.5, 0.6) is 0 Å². The summed E-state index contributed by atoms with van der Waals surface area (Å²) in [7, 11) is 0. The lowest BCUT2D eigenvalue weighted by Gasteiger charge is -2.16. The first-order chi connectivity index (χ1) is 9.51. The molecular formula is C12H17N3O4S. The highest BCUT2D eigenvalue weighted by Gasteiger charge is 2.28. The van der Waals surface area contributed by atoms with Gasteiger partial charge in [-0.05, 0) is 19.8 Å². The van der Waals surface area contributed by atoms with Crippen LogP contribution in [0, 0.1) is 11.6 Å². The molecule has 3 N–H and O–H groups in total. The summed E-state index contributed by atoms with van der Waals surface area (Å²) in [5.41, 5.74) is 5.66. The number of rotatable bonds is 4. The Morgan fingerprint density at radius 1 is 1.65 bits per heavy atom. The van der Waals surface area contributed by atoms with Crippen LogP contribution in [-0.2, 0) is 14.3 Å². The smallest absolute Gasteiger partial charge is 0.328 e. The van der Waals surface area contributed by atoms with Gasteiger partial charge in [0, 0.05) is 11.8 Å². The second-order valence-electron chi connectivity index (χ2n) is 4.66. The second kappa shape index (κ2) is 6.29. The Bertz CT molecular complexity index is 609. The number of nitrogens with zero attached hydrogens (tertiary/aromatic N) is 1. The van der Waals surface area contributed by atoms with Crippen LogP contribution in [0.15, 0.2) is 11.0 Å². The number of aromatic amines is 1. The van der Waals surface area contributed by atoms with Gasteiger partial charge in [0.05, 0.1) is 12.6 Å². The molecule has 1 aliphatic heterocycles. The number of aryl methyl sites for hydroxylation is 1. The first-order valence-electron chi connectivity index (χ1n) is 6.34. The van der Waals surface area contributed by atoms with E-state index >= 15 is 0 Å². The van der Waals surface area contributed by atoms with Gasteiger partial charge < -0.3 is 15.2 Å². The van der Waals surface area contributed by atoms with Crippen molar-refractivity contribution in [3.8, 4) is 0 Å². The number of nitrogens with one attached hydrogen (secondary N) is 1. The zero-order valence-electron chi connectivity index (χ0n) is 11.1. The summed E-state index contributed by atoms with van der Waals surface area (Å²) in [5, 5.41) is 0. The highest BCUT2D eigenvalue weighted by Crippen LogP contribution is 2.27. The molecule has 110 valence electrons. The number of aromatic nitrogens is 2. The molecule has 0 radical (unpaired) electrons. The van der Waals surface area contributed by atoms with E-state index in [1.165, 1.54) is 4.57 Å². The Kier molecular flexibility index (Phi) is 4.69. The highest BCUT2D eigenvalue weighted by atomic mass is 32.1. The van der Waals surface area contributed by atoms with Crippen LogP contribution in [0.4, 0.5) is 0 Å². The maximum absolute atomic E-state index is 11.9. The monoisotopic (exact) mass is 299 g/mol. The van der Waals surface area contributed by atoms with Gasteiger partial charge in [-0.1, -0.05) is 12.2 Å². The minimum atomic E-state index is -0.464. The van der Waals surface area contributed by atoms with Crippen LogP contribution in [0.25, 0.3) is 0 Å². The Labute approximate surface area is 120 Å². The fraction of sp³-hybridized carbons (Fsp3) is 0.583. The molecule has 0 amide bonds. The molecule has 0 spiro atoms. The molecule has 0 bridgehead atoms. The normalized spacial score (nSPS) is 21.9. The number of ether oxygens (including phenoxy) is 2. The van der Waals surface area contributed by atoms with Crippen LogP contribution >= 0.6 is 12.2 Å². The fourth-order valence-electron chi connectivity index (χ4n) is 2.06. The molecule has 20 heavy (non-hydrogen) atoms. The van der Waals surface area contributed by atoms with Gasteiger partial charge in [0.1, 0.15) is 17.5 Å². The van der Waals surface area contributed by atoms with Gasteiger partial charge in [0.2, 0.25) is 0 Å². The summed E-state index contributed by atoms with van der Waals surface area (Å²) in [4.78, 5) is 25.4. The van der Waals surface area contributed by atoms with Crippen LogP contribution in [0.1, 0.15) is 24.6 Å². The Balaban J connectivity index is 2.03. The topological polar surface area (TPSA) is 99.3 Å². The maximum atomic E-state index is 11.9. The van der Waals surface area contributed by atoms with Crippen LogP contribution in [0.3, 0.4) is 0 Å². The van der Waals surface area contributed by atoms with Crippen LogP contribution < -0.4 is 11.4 Å². The lowest BCUT2D eigenvalue weighted by atomic mass is 10.2. The molecule has 2 heterocycles. The first kappa shape index (κ1) is 14.9. The summed E-state index contributed by atoms with van der Waals surface area (Å²) < 4.78 is 12.6. The molecule has 2 atom stereocenters. The van der Waals surface area contributed by atoms with Crippen molar-refractivity contribution in [1.29, 1.82) is 0 Å². The van der Waals surface area contributed by atoms with E-state index in [-0.39, 0.29) is 31.2 Å². The van der Waals surface area contributed by atoms with Crippen molar-refractivity contribution < 1.29 is 14.3 Å². The standard InChI is InChI=1S/C12H17N3O4S/c1-7-5-15(12(17)14-11(7)20)9-3-2-8(19-9)6-18-10(16)4-13/h5,8-9H,2-4,6,13H2,1H3,(H,14,17,20). The van der Waals surface area contributed by atoms with E-state index in [4.69, 9.17) is 27.4 Å². The molecule has 2 unspecified atom stereocenters. The van der Waals surface area contributed by atoms with Gasteiger partial charge in [0.25, 0.3) is 0 Å². The zero-order valence-corrected chi connectivity index (χ0v) is 11.9. The van der Waals surface area contributed by atoms with E-state index in [2.05, 4.69) is 4.98 Å². The number of H-pyrrole nitrogens is 1. The molecule has 1 saturated heterocycles. The molecule has 1 aromatic heterocycles. The molecule has 1 aromatic rings. The Morgan fingerprint density at radius 3 is 3.10 bits per heavy atom. The molecule has 0 saturated carbocycles. The molecular weight excluding hydrogens is 282 g/mol. The van der Waals surface area contributed by atoms with E-state index in [1.54, 1.807) is 6.20 Å². The molecule has 0 aromatic carbocycles. The SMILES string of the molecule is Cc1cn(C2CCC(COC(=O)CN)O2)c(=O)[nH]c1=S. The van der Waals surface area contributed by atoms with Crippen molar-refractivity contribution in [2.45, 2.75) is 32.1 Å². The van der Waals surface area contributed by atoms with Gasteiger partial charge in [-0.25, -0.2) is 4.79 Å². The van der Waals surface area contributed by atoms with E-state index in [0.29, 0.717) is 17.5 Å². The predicted molar refractivity (Wildman–Crippen MR) is 73.8 cm³/mol. The summed E-state index contributed by atoms with van der Waals surface area (Å²) in [5.74, 6) is -0.464. The minimum absolute atomic E-state index is 0.149. The minimum Gasteiger partial charge on any atom is -0.462 e. The van der Waals surface area contributed by atoms with Crippen LogP contribution in [0.2, 0.25) is 0 Å². The number of hydrogen-bond donors (Lipinski definition) is 2. The predicted octanol–water partition coefficient (Wildman–Crippen LogP) is 0.394. The third kappa shape index (κ3) is 3.33. The third-order valence-corrected chi connectivity index (χ3v) is 3.56. The number of hydrogen-bond acceptors (Lipinski definition) is 6. The Hall–Kier alpha value is -1.51. The van der Waals surface area contributed by atoms with Crippen LogP contribution in [-0.4, -0.2) is 34.8 Å². The van der Waals surface area contributed by atoms with E-state index in [9.17, 15) is 9.59 Å². The lowest BCUT2D eigenvalue weighted by molar-refractivity contribution is -0.146. The zero-order chi connectivity index (χ0) is 14.7. The second-order valence-corrected chi connectivity index (χ2v) is 5.06. The van der Waals surface area contributed by atoms with Crippen molar-refractivity contribution in [3.05, 3.63) is 26.9 Å². The number of carbonyl (C=O) groups is 1. The van der Waals surface area contributed by atoms with Gasteiger partial charge >= 0.3 is 11.7 Å². The number of nitrogens with two attached hydrogens (primary N) is 1. The van der Waals surface area contributed by atoms with Crippen molar-refractivity contribution in [2.24, 2.45) is 5.73 Å². The van der Waals surface area contributed by atoms with Gasteiger partial charge in [-0.3, -0.25) is 14.3 Å². The highest BCUT2D eigenvalue weighted by molar-refractivity contribution is 7.71. The average Bonchev–Trinajstić information content (AvgIpc) is 2.88. The van der Waals surface area contributed by atoms with Gasteiger partial charge in [-0.15, -0.1) is 0 Å². The van der Waals surface area contributed by atoms with E-state index in [0.717, 1.165) is 5.56 Å². The average molecular weight is 299 g/mol. The molecule has 7 nitrogen and oxygen atoms in total. The third-order valence-electron chi connectivity index (χ3n) is 3.14. The fourth-order valence-corrected chi connectivity index (χ4v) is 2.20. The van der Waals surface area contributed by atoms with Gasteiger partial charge in [-0.2, -0.15) is 0 Å². The number of carbonyl (C=O) groups excluding carboxylic acids is 1. The summed E-state index contributed by atoms with van der Waals surface area (Å²) in [6.45, 7) is 1.83. The summed E-state index contributed by atoms with van der Waals surface area (Å²) >= 11 is 5.00. The van der Waals surface area contributed by atoms with E-state index < -0.39 is 5.97 Å². The molecule has 1 aliphatic rings. The van der Waals surface area contributed by atoms with E-state index in [1.807, 2.05) is 6.92 Å². The summed E-state index contributed by atoms with van der Waals surface area (Å²) in [6.07, 6.45) is 2.49. The van der Waals surface area contributed by atoms with Crippen molar-refractivity contribution in [2.75, 3.05) is 13.2 Å². The molecule has 2 rings (SSSR count). The number of esters is 1. The van der Waals surface area contributed by atoms with Crippen molar-refractivity contribution in [3.63, 3.8) is 0 Å². The first-order valence-corrected chi connectivity index (χ1v) is 6.75. The quantitative estimate of drug-likeness (QED) is 0.616. The maximum Gasteiger partial charge on any atom is 0.328 e. The molecule has 1 fully saturated rings. The summed E-state index contributed by atoms with van der Waals surface area (Å²) in [6, 6.07) is 0. The lowest BCUT2D eigenvalue weighted by Crippen LogP contribution is -2.28. The largest absolute Gasteiger partial charge is 0.462 e. The van der Waals surface area contributed by atoms with Gasteiger partial charge in [0.15, 0.2) is 0 Å². The van der Waals surface area contributed by atoms with Crippen molar-refractivity contribution >= 4 is 18.2 Å². The molecule has 0 aliphatic carbocycles. The molecule has 8 heteroatoms. The van der Waals surface area contributed by atoms with Crippen molar-refractivity contribution in [1.82, 2.24) is 9.55 Å².